The van der Waals surface area contributed by atoms with Crippen LogP contribution in [0, 0.1) is 18.3 Å². The predicted octanol–water partition coefficient (Wildman–Crippen LogP) is 1.78. The molecule has 180 valence electrons. The molecule has 0 radical (unpaired) electrons. The SMILES string of the molecule is Cc1c(N2CC(C(N)COc3ccccc3)C(C)(C)C2)cnc2c(=O)n(N)c(=O)n(C3CC3)c12. The first-order valence-corrected chi connectivity index (χ1v) is 11.8. The second-order valence-corrected chi connectivity index (χ2v) is 10.3. The molecule has 3 heterocycles. The van der Waals surface area contributed by atoms with Gasteiger partial charge in [0.2, 0.25) is 0 Å². The van der Waals surface area contributed by atoms with Crippen LogP contribution in [-0.2, 0) is 0 Å². The number of nitrogens with zero attached hydrogens (tertiary/aromatic N) is 4. The fraction of sp³-hybridized carbons (Fsp3) is 0.480. The maximum atomic E-state index is 12.8. The number of para-hydroxylation sites is 1. The Bertz CT molecular complexity index is 1340. The van der Waals surface area contributed by atoms with Crippen molar-refractivity contribution >= 4 is 16.7 Å². The second kappa shape index (κ2) is 8.16. The van der Waals surface area contributed by atoms with Gasteiger partial charge in [-0.1, -0.05) is 32.0 Å². The first-order valence-electron chi connectivity index (χ1n) is 11.8. The van der Waals surface area contributed by atoms with Gasteiger partial charge in [-0.3, -0.25) is 9.36 Å². The lowest BCUT2D eigenvalue weighted by Gasteiger charge is -2.30. The van der Waals surface area contributed by atoms with Crippen LogP contribution in [0.3, 0.4) is 0 Å². The Morgan fingerprint density at radius 3 is 2.59 bits per heavy atom. The molecule has 0 bridgehead atoms. The van der Waals surface area contributed by atoms with Gasteiger partial charge in [-0.2, -0.15) is 4.68 Å². The number of aryl methyl sites for hydroxylation is 1. The zero-order valence-electron chi connectivity index (χ0n) is 19.9. The van der Waals surface area contributed by atoms with Crippen LogP contribution in [0.5, 0.6) is 5.75 Å². The fourth-order valence-corrected chi connectivity index (χ4v) is 5.32. The standard InChI is InChI=1S/C25H32N6O3/c1-15-20(11-28-21-22(15)30(16-9-10-16)24(33)31(27)23(21)32)29-12-18(25(2,3)14-29)19(26)13-34-17-7-5-4-6-8-17/h4-8,11,16,18-19H,9-10,12-14,26-27H2,1-3H3. The summed E-state index contributed by atoms with van der Waals surface area (Å²) < 4.78 is 8.27. The third-order valence-corrected chi connectivity index (χ3v) is 7.33. The van der Waals surface area contributed by atoms with Gasteiger partial charge in [0.15, 0.2) is 5.52 Å². The molecule has 1 aliphatic heterocycles. The van der Waals surface area contributed by atoms with E-state index in [2.05, 4.69) is 23.7 Å². The average molecular weight is 465 g/mol. The van der Waals surface area contributed by atoms with Gasteiger partial charge in [-0.05, 0) is 37.3 Å². The summed E-state index contributed by atoms with van der Waals surface area (Å²) >= 11 is 0. The highest BCUT2D eigenvalue weighted by molar-refractivity contribution is 5.83. The molecule has 9 nitrogen and oxygen atoms in total. The van der Waals surface area contributed by atoms with Gasteiger partial charge in [0.25, 0.3) is 0 Å². The minimum Gasteiger partial charge on any atom is -0.492 e. The first kappa shape index (κ1) is 22.5. The van der Waals surface area contributed by atoms with Crippen LogP contribution in [0.25, 0.3) is 11.0 Å². The van der Waals surface area contributed by atoms with E-state index >= 15 is 0 Å². The van der Waals surface area contributed by atoms with E-state index in [1.54, 1.807) is 10.8 Å². The van der Waals surface area contributed by atoms with Crippen LogP contribution in [0.4, 0.5) is 5.69 Å². The van der Waals surface area contributed by atoms with E-state index in [1.807, 2.05) is 37.3 Å². The van der Waals surface area contributed by atoms with Gasteiger partial charge in [0.05, 0.1) is 17.4 Å². The van der Waals surface area contributed by atoms with Crippen LogP contribution in [0.1, 0.15) is 38.3 Å². The molecule has 0 spiro atoms. The molecule has 34 heavy (non-hydrogen) atoms. The number of rotatable bonds is 6. The minimum absolute atomic E-state index is 0.0579. The van der Waals surface area contributed by atoms with Crippen molar-refractivity contribution < 1.29 is 4.74 Å². The Balaban J connectivity index is 1.47. The van der Waals surface area contributed by atoms with Crippen molar-refractivity contribution in [1.29, 1.82) is 0 Å². The third kappa shape index (κ3) is 3.73. The van der Waals surface area contributed by atoms with Crippen LogP contribution in [0.2, 0.25) is 0 Å². The summed E-state index contributed by atoms with van der Waals surface area (Å²) in [7, 11) is 0. The molecule has 2 fully saturated rings. The minimum atomic E-state index is -0.564. The Kier molecular flexibility index (Phi) is 5.39. The molecular formula is C25H32N6O3. The van der Waals surface area contributed by atoms with E-state index in [4.69, 9.17) is 16.3 Å². The monoisotopic (exact) mass is 464 g/mol. The topological polar surface area (TPSA) is 121 Å². The zero-order chi connectivity index (χ0) is 24.2. The molecule has 2 aliphatic rings. The van der Waals surface area contributed by atoms with Gasteiger partial charge >= 0.3 is 11.2 Å². The van der Waals surface area contributed by atoms with Gasteiger partial charge in [-0.15, -0.1) is 0 Å². The average Bonchev–Trinajstić information content (AvgIpc) is 3.60. The lowest BCUT2D eigenvalue weighted by atomic mass is 9.78. The highest BCUT2D eigenvalue weighted by atomic mass is 16.5. The number of ether oxygens (including phenoxy) is 1. The third-order valence-electron chi connectivity index (χ3n) is 7.33. The molecule has 2 aromatic heterocycles. The number of fused-ring (bicyclic) bond motifs is 1. The maximum absolute atomic E-state index is 12.8. The normalized spacial score (nSPS) is 20.6. The predicted molar refractivity (Wildman–Crippen MR) is 133 cm³/mol. The van der Waals surface area contributed by atoms with Crippen molar-refractivity contribution in [1.82, 2.24) is 14.2 Å². The number of benzene rings is 1. The quantitative estimate of drug-likeness (QED) is 0.533. The van der Waals surface area contributed by atoms with Crippen molar-refractivity contribution in [3.63, 3.8) is 0 Å². The fourth-order valence-electron chi connectivity index (χ4n) is 5.32. The molecule has 4 N–H and O–H groups in total. The molecule has 3 aromatic rings. The summed E-state index contributed by atoms with van der Waals surface area (Å²) in [6, 6.07) is 9.61. The van der Waals surface area contributed by atoms with Crippen molar-refractivity contribution in [2.24, 2.45) is 17.1 Å². The van der Waals surface area contributed by atoms with Crippen LogP contribution in [0.15, 0.2) is 46.1 Å². The summed E-state index contributed by atoms with van der Waals surface area (Å²) in [5.41, 5.74) is 8.14. The molecule has 5 rings (SSSR count). The summed E-state index contributed by atoms with van der Waals surface area (Å²) in [5.74, 6) is 6.77. The van der Waals surface area contributed by atoms with Crippen molar-refractivity contribution in [3.05, 3.63) is 62.9 Å². The van der Waals surface area contributed by atoms with E-state index in [-0.39, 0.29) is 28.9 Å². The van der Waals surface area contributed by atoms with E-state index < -0.39 is 11.2 Å². The Hall–Kier alpha value is -3.33. The Morgan fingerprint density at radius 1 is 1.21 bits per heavy atom. The van der Waals surface area contributed by atoms with Crippen LogP contribution in [-0.4, -0.2) is 40.0 Å². The van der Waals surface area contributed by atoms with Crippen molar-refractivity contribution in [3.8, 4) is 5.75 Å². The van der Waals surface area contributed by atoms with E-state index in [0.717, 1.165) is 42.9 Å². The molecule has 2 atom stereocenters. The Labute approximate surface area is 197 Å². The van der Waals surface area contributed by atoms with E-state index in [0.29, 0.717) is 16.8 Å². The number of hydrogen-bond acceptors (Lipinski definition) is 7. The molecule has 1 saturated carbocycles. The maximum Gasteiger partial charge on any atom is 0.350 e. The van der Waals surface area contributed by atoms with Gasteiger partial charge in [0.1, 0.15) is 12.4 Å². The van der Waals surface area contributed by atoms with Gasteiger partial charge in [0, 0.05) is 36.7 Å². The van der Waals surface area contributed by atoms with E-state index in [1.165, 1.54) is 0 Å². The van der Waals surface area contributed by atoms with Crippen LogP contribution >= 0.6 is 0 Å². The second-order valence-electron chi connectivity index (χ2n) is 10.3. The molecule has 0 amide bonds. The number of nitrogen functional groups attached to an aromatic ring is 1. The Morgan fingerprint density at radius 2 is 1.91 bits per heavy atom. The largest absolute Gasteiger partial charge is 0.492 e. The summed E-state index contributed by atoms with van der Waals surface area (Å²) in [6.45, 7) is 8.34. The zero-order valence-corrected chi connectivity index (χ0v) is 19.9. The van der Waals surface area contributed by atoms with E-state index in [9.17, 15) is 9.59 Å². The molecule has 9 heteroatoms. The first-order chi connectivity index (χ1) is 16.2. The van der Waals surface area contributed by atoms with Gasteiger partial charge < -0.3 is 21.2 Å². The van der Waals surface area contributed by atoms with Crippen molar-refractivity contribution in [2.75, 3.05) is 30.4 Å². The molecule has 2 unspecified atom stereocenters. The number of aromatic nitrogens is 3. The summed E-state index contributed by atoms with van der Waals surface area (Å²) in [4.78, 5) is 32.3. The summed E-state index contributed by atoms with van der Waals surface area (Å²) in [6.07, 6.45) is 3.52. The molecule has 1 saturated heterocycles. The number of anilines is 1. The highest BCUT2D eigenvalue weighted by Gasteiger charge is 2.43. The lowest BCUT2D eigenvalue weighted by molar-refractivity contribution is 0.185. The highest BCUT2D eigenvalue weighted by Crippen LogP contribution is 2.42. The number of nitrogens with two attached hydrogens (primary N) is 2. The van der Waals surface area contributed by atoms with Gasteiger partial charge in [-0.25, -0.2) is 9.78 Å². The molecule has 1 aromatic carbocycles. The van der Waals surface area contributed by atoms with Crippen molar-refractivity contribution in [2.45, 2.75) is 45.7 Å². The summed E-state index contributed by atoms with van der Waals surface area (Å²) in [5, 5.41) is 0. The number of pyridine rings is 1. The smallest absolute Gasteiger partial charge is 0.350 e. The molecule has 1 aliphatic carbocycles. The van der Waals surface area contributed by atoms with Crippen LogP contribution < -0.4 is 32.5 Å². The molecular weight excluding hydrogens is 432 g/mol. The lowest BCUT2D eigenvalue weighted by Crippen LogP contribution is -2.45. The number of hydrogen-bond donors (Lipinski definition) is 2.